The van der Waals surface area contributed by atoms with Gasteiger partial charge in [0, 0.05) is 35.9 Å². The van der Waals surface area contributed by atoms with E-state index in [9.17, 15) is 24.5 Å². The number of nitrogens with one attached hydrogen (secondary N) is 1. The van der Waals surface area contributed by atoms with Gasteiger partial charge in [-0.05, 0) is 74.9 Å². The molecule has 1 N–H and O–H groups in total. The maximum atomic E-state index is 14.0. The van der Waals surface area contributed by atoms with Crippen LogP contribution in [0.5, 0.6) is 0 Å². The van der Waals surface area contributed by atoms with Crippen LogP contribution in [0.15, 0.2) is 84.4 Å². The van der Waals surface area contributed by atoms with Crippen LogP contribution in [-0.2, 0) is 4.79 Å². The number of hydrogen-bond donors (Lipinski definition) is 1. The van der Waals surface area contributed by atoms with Gasteiger partial charge in [0.25, 0.3) is 22.7 Å². The smallest absolute Gasteiger partial charge is 0.283 e. The van der Waals surface area contributed by atoms with Crippen molar-refractivity contribution in [2.75, 3.05) is 13.1 Å². The Hall–Kier alpha value is -4.33. The average molecular weight is 651 g/mol. The molecular formula is C30H27ClN6O5S2. The second kappa shape index (κ2) is 12.7. The molecule has 3 heterocycles. The van der Waals surface area contributed by atoms with Gasteiger partial charge in [0.05, 0.1) is 31.7 Å². The molecule has 44 heavy (non-hydrogen) atoms. The second-order valence-corrected chi connectivity index (χ2v) is 12.4. The zero-order chi connectivity index (χ0) is 31.7. The molecule has 14 heteroatoms. The summed E-state index contributed by atoms with van der Waals surface area (Å²) in [5.74, 6) is -0.210. The molecule has 11 nitrogen and oxygen atoms in total. The Morgan fingerprint density at radius 1 is 1.16 bits per heavy atom. The van der Waals surface area contributed by atoms with Crippen LogP contribution in [0, 0.1) is 17.0 Å². The monoisotopic (exact) mass is 650 g/mol. The van der Waals surface area contributed by atoms with Crippen LogP contribution >= 0.6 is 34.7 Å². The second-order valence-electron chi connectivity index (χ2n) is 9.89. The van der Waals surface area contributed by atoms with Crippen molar-refractivity contribution in [2.45, 2.75) is 43.8 Å². The Kier molecular flexibility index (Phi) is 9.00. The van der Waals surface area contributed by atoms with E-state index in [-0.39, 0.29) is 32.8 Å². The van der Waals surface area contributed by atoms with Crippen LogP contribution < -0.4 is 20.5 Å². The van der Waals surface area contributed by atoms with Gasteiger partial charge < -0.3 is 9.88 Å². The summed E-state index contributed by atoms with van der Waals surface area (Å²) in [4.78, 5) is 64.9. The lowest BCUT2D eigenvalue weighted by molar-refractivity contribution is -0.387. The Morgan fingerprint density at radius 3 is 2.50 bits per heavy atom. The number of aryl methyl sites for hydroxylation is 1. The lowest BCUT2D eigenvalue weighted by Crippen LogP contribution is -2.43. The average Bonchev–Trinajstić information content (AvgIpc) is 3.27. The number of likely N-dealkylation sites (N-methyl/N-ethyl adjacent to an activating group) is 1. The van der Waals surface area contributed by atoms with Crippen molar-refractivity contribution in [3.05, 3.63) is 122 Å². The Bertz CT molecular complexity index is 2060. The highest BCUT2D eigenvalue weighted by molar-refractivity contribution is 7.99. The fraction of sp³-hybridized carbons (Fsp3) is 0.233. The highest BCUT2D eigenvalue weighted by Gasteiger charge is 2.34. The summed E-state index contributed by atoms with van der Waals surface area (Å²) in [5.41, 5.74) is 1.58. The number of amides is 1. The molecule has 0 spiro atoms. The van der Waals surface area contributed by atoms with E-state index in [2.05, 4.69) is 15.0 Å². The molecule has 0 radical (unpaired) electrons. The summed E-state index contributed by atoms with van der Waals surface area (Å²) in [6.45, 7) is 8.19. The van der Waals surface area contributed by atoms with Crippen LogP contribution in [-0.4, -0.2) is 43.4 Å². The first-order valence-electron chi connectivity index (χ1n) is 13.6. The predicted octanol–water partition coefficient (Wildman–Crippen LogP) is 4.21. The number of halogens is 1. The van der Waals surface area contributed by atoms with E-state index >= 15 is 0 Å². The van der Waals surface area contributed by atoms with E-state index in [1.165, 1.54) is 16.7 Å². The van der Waals surface area contributed by atoms with Crippen molar-refractivity contribution in [2.24, 2.45) is 4.99 Å². The van der Waals surface area contributed by atoms with Gasteiger partial charge in [-0.1, -0.05) is 41.1 Å². The van der Waals surface area contributed by atoms with Crippen molar-refractivity contribution in [1.82, 2.24) is 19.4 Å². The first-order chi connectivity index (χ1) is 21.0. The summed E-state index contributed by atoms with van der Waals surface area (Å²) in [5, 5.41) is 12.7. The van der Waals surface area contributed by atoms with Gasteiger partial charge in [0.2, 0.25) is 0 Å². The molecule has 1 aliphatic heterocycles. The number of nitro groups is 1. The van der Waals surface area contributed by atoms with Crippen molar-refractivity contribution in [3.63, 3.8) is 0 Å². The molecule has 0 saturated heterocycles. The van der Waals surface area contributed by atoms with Crippen molar-refractivity contribution >= 4 is 52.4 Å². The van der Waals surface area contributed by atoms with Gasteiger partial charge in [-0.25, -0.2) is 9.98 Å². The molecule has 0 aliphatic carbocycles. The molecule has 5 rings (SSSR count). The lowest BCUT2D eigenvalue weighted by Gasteiger charge is -2.29. The standard InChI is InChI=1S/C30H27ClN6O5S2/c1-5-35(6-2)28(40)25-17(4)33-30-36(26(25)19-8-10-20(31)11-9-19)27(39)23(44-30)15-18-7-12-22(21(14-18)37(41)42)43-29-32-16(3)13-24(38)34-29/h7-15,26H,5-6H2,1-4H3,(H,32,34,38)/b23-15-/t26-/m0/s1. The van der Waals surface area contributed by atoms with Crippen LogP contribution in [0.4, 0.5) is 5.69 Å². The fourth-order valence-electron chi connectivity index (χ4n) is 4.95. The number of nitro benzene ring substituents is 1. The van der Waals surface area contributed by atoms with Crippen LogP contribution in [0.2, 0.25) is 5.02 Å². The van der Waals surface area contributed by atoms with Gasteiger partial charge in [-0.2, -0.15) is 0 Å². The number of rotatable bonds is 8. The molecule has 0 bridgehead atoms. The zero-order valence-electron chi connectivity index (χ0n) is 24.2. The molecule has 1 aliphatic rings. The van der Waals surface area contributed by atoms with Gasteiger partial charge in [0.1, 0.15) is 0 Å². The first-order valence-corrected chi connectivity index (χ1v) is 15.6. The summed E-state index contributed by atoms with van der Waals surface area (Å²) < 4.78 is 1.80. The number of aromatic amines is 1. The van der Waals surface area contributed by atoms with Crippen molar-refractivity contribution in [3.8, 4) is 0 Å². The topological polar surface area (TPSA) is 144 Å². The SMILES string of the molecule is CCN(CC)C(=O)C1=C(C)N=c2s/c(=C\c3ccc(Sc4nc(C)cc(=O)[nH]4)c([N+](=O)[O-])c3)c(=O)n2[C@H]1c1ccc(Cl)cc1. The van der Waals surface area contributed by atoms with Crippen LogP contribution in [0.1, 0.15) is 43.6 Å². The normalized spacial score (nSPS) is 14.8. The van der Waals surface area contributed by atoms with Gasteiger partial charge in [-0.3, -0.25) is 29.1 Å². The van der Waals surface area contributed by atoms with Crippen molar-refractivity contribution in [1.29, 1.82) is 0 Å². The third kappa shape index (κ3) is 6.16. The Morgan fingerprint density at radius 2 is 1.86 bits per heavy atom. The zero-order valence-corrected chi connectivity index (χ0v) is 26.5. The number of carbonyl (C=O) groups is 1. The van der Waals surface area contributed by atoms with Gasteiger partial charge in [0.15, 0.2) is 9.96 Å². The van der Waals surface area contributed by atoms with E-state index < -0.39 is 11.0 Å². The summed E-state index contributed by atoms with van der Waals surface area (Å²) in [6.07, 6.45) is 1.57. The number of H-pyrrole nitrogens is 1. The number of fused-ring (bicyclic) bond motifs is 1. The lowest BCUT2D eigenvalue weighted by atomic mass is 9.94. The molecule has 2 aromatic carbocycles. The number of aromatic nitrogens is 3. The van der Waals surface area contributed by atoms with E-state index in [0.29, 0.717) is 55.5 Å². The highest BCUT2D eigenvalue weighted by atomic mass is 35.5. The summed E-state index contributed by atoms with van der Waals surface area (Å²) in [7, 11) is 0. The molecule has 0 saturated carbocycles. The third-order valence-corrected chi connectivity index (χ3v) is 9.21. The van der Waals surface area contributed by atoms with Gasteiger partial charge >= 0.3 is 0 Å². The van der Waals surface area contributed by atoms with E-state index in [1.54, 1.807) is 61.2 Å². The number of nitrogens with zero attached hydrogens (tertiary/aromatic N) is 5. The molecule has 0 unspecified atom stereocenters. The number of carbonyl (C=O) groups excluding carboxylic acids is 1. The van der Waals surface area contributed by atoms with Crippen molar-refractivity contribution < 1.29 is 9.72 Å². The largest absolute Gasteiger partial charge is 0.339 e. The molecule has 226 valence electrons. The van der Waals surface area contributed by atoms with E-state index in [0.717, 1.165) is 23.1 Å². The number of benzene rings is 2. The number of allylic oxidation sites excluding steroid dienone is 1. The fourth-order valence-corrected chi connectivity index (χ4v) is 7.04. The van der Waals surface area contributed by atoms with Crippen LogP contribution in [0.25, 0.3) is 6.08 Å². The Labute approximate surface area is 264 Å². The molecule has 4 aromatic rings. The van der Waals surface area contributed by atoms with E-state index in [4.69, 9.17) is 11.6 Å². The quantitative estimate of drug-likeness (QED) is 0.171. The van der Waals surface area contributed by atoms with Crippen LogP contribution in [0.3, 0.4) is 0 Å². The van der Waals surface area contributed by atoms with E-state index in [1.807, 2.05) is 13.8 Å². The van der Waals surface area contributed by atoms with Gasteiger partial charge in [-0.15, -0.1) is 0 Å². The minimum Gasteiger partial charge on any atom is -0.339 e. The molecular weight excluding hydrogens is 624 g/mol. The minimum absolute atomic E-state index is 0.206. The first kappa shape index (κ1) is 31.1. The third-order valence-electron chi connectivity index (χ3n) is 7.02. The predicted molar refractivity (Wildman–Crippen MR) is 170 cm³/mol. The molecule has 2 aromatic heterocycles. The molecule has 0 fully saturated rings. The minimum atomic E-state index is -0.740. The maximum absolute atomic E-state index is 14.0. The highest BCUT2D eigenvalue weighted by Crippen LogP contribution is 2.34. The number of thiazole rings is 1. The summed E-state index contributed by atoms with van der Waals surface area (Å²) >= 11 is 8.26. The number of hydrogen-bond acceptors (Lipinski definition) is 9. The molecule has 1 amide bonds. The maximum Gasteiger partial charge on any atom is 0.283 e. The Balaban J connectivity index is 1.63. The summed E-state index contributed by atoms with van der Waals surface area (Å²) in [6, 6.07) is 12.2. The molecule has 1 atom stereocenters.